The van der Waals surface area contributed by atoms with E-state index in [0.717, 1.165) is 17.7 Å². The predicted octanol–water partition coefficient (Wildman–Crippen LogP) is 3.66. The van der Waals surface area contributed by atoms with Gasteiger partial charge in [0.2, 0.25) is 10.9 Å². The van der Waals surface area contributed by atoms with Crippen molar-refractivity contribution in [2.24, 2.45) is 15.4 Å². The van der Waals surface area contributed by atoms with E-state index in [1.165, 1.54) is 48.5 Å². The maximum Gasteiger partial charge on any atom is 0.339 e. The first kappa shape index (κ1) is 31.5. The lowest BCUT2D eigenvalue weighted by Crippen LogP contribution is -2.48. The first-order valence-electron chi connectivity index (χ1n) is 14.0. The summed E-state index contributed by atoms with van der Waals surface area (Å²) in [5, 5.41) is 48.9. The summed E-state index contributed by atoms with van der Waals surface area (Å²) in [5.41, 5.74) is 7.05. The summed E-state index contributed by atoms with van der Waals surface area (Å²) < 4.78 is 39.5. The van der Waals surface area contributed by atoms with Gasteiger partial charge in [0.05, 0.1) is 5.36 Å². The Morgan fingerprint density at radius 1 is 0.958 bits per heavy atom. The normalized spacial score (nSPS) is 18.1. The van der Waals surface area contributed by atoms with Crippen molar-refractivity contribution >= 4 is 20.9 Å². The van der Waals surface area contributed by atoms with Gasteiger partial charge in [-0.25, -0.2) is 0 Å². The van der Waals surface area contributed by atoms with E-state index in [2.05, 4.69) is 20.5 Å². The Balaban J connectivity index is 1.50. The molecule has 1 heterocycles. The number of phenols is 3. The van der Waals surface area contributed by atoms with Gasteiger partial charge in [-0.1, -0.05) is 30.3 Å². The highest BCUT2D eigenvalue weighted by atomic mass is 32.2. The van der Waals surface area contributed by atoms with E-state index in [0.29, 0.717) is 17.5 Å². The van der Waals surface area contributed by atoms with Crippen LogP contribution in [0.4, 0.5) is 0 Å². The van der Waals surface area contributed by atoms with E-state index in [1.807, 2.05) is 0 Å². The number of nitrogens with zero attached hydrogens (tertiary/aromatic N) is 6. The van der Waals surface area contributed by atoms with Gasteiger partial charge in [0, 0.05) is 46.4 Å². The molecule has 48 heavy (non-hydrogen) atoms. The first-order valence-corrected chi connectivity index (χ1v) is 15.4. The standard InChI is InChI=1S/C32H22N6O9S/c1-32(23-12-9-18(40)13-24(23)41)15-22(16-5-7-17(39)8-6-16)20-11-10-19(14-25(20)46-32)47-48(44,45)26-4-2-3-21-27(26)28(35-37-33)29(36-38-34)31(43)30(21)42/h2-14,22,39-41H,15H2,1H3. The average molecular weight is 667 g/mol. The molecule has 5 aromatic rings. The number of hydrogen-bond acceptors (Lipinski definition) is 12. The fourth-order valence-corrected chi connectivity index (χ4v) is 7.09. The maximum atomic E-state index is 13.8. The highest BCUT2D eigenvalue weighted by molar-refractivity contribution is 7.87. The van der Waals surface area contributed by atoms with Crippen LogP contribution in [0.1, 0.15) is 36.0 Å². The fraction of sp³-hybridized carbons (Fsp3) is 0.125. The molecular weight excluding hydrogens is 644 g/mol. The van der Waals surface area contributed by atoms with Crippen LogP contribution in [-0.4, -0.2) is 23.7 Å². The third-order valence-corrected chi connectivity index (χ3v) is 9.34. The van der Waals surface area contributed by atoms with E-state index < -0.39 is 53.0 Å². The number of benzene rings is 5. The highest BCUT2D eigenvalue weighted by Gasteiger charge is 2.41. The largest absolute Gasteiger partial charge is 0.508 e. The Kier molecular flexibility index (Phi) is 7.69. The van der Waals surface area contributed by atoms with Crippen LogP contribution in [-0.2, 0) is 15.7 Å². The number of phenolic OH excluding ortho intramolecular Hbond substituents is 3. The molecule has 0 saturated carbocycles. The van der Waals surface area contributed by atoms with Crippen LogP contribution < -0.4 is 30.5 Å². The van der Waals surface area contributed by atoms with Crippen molar-refractivity contribution in [3.8, 4) is 28.7 Å². The third-order valence-electron chi connectivity index (χ3n) is 8.05. The molecule has 2 unspecified atom stereocenters. The number of aromatic hydroxyl groups is 3. The molecule has 0 bridgehead atoms. The average Bonchev–Trinajstić information content (AvgIpc) is 3.04. The summed E-state index contributed by atoms with van der Waals surface area (Å²) in [4.78, 5) is 24.8. The zero-order valence-corrected chi connectivity index (χ0v) is 25.5. The molecule has 5 aromatic carbocycles. The molecule has 0 fully saturated rings. The van der Waals surface area contributed by atoms with Gasteiger partial charge >= 0.3 is 15.2 Å². The summed E-state index contributed by atoms with van der Waals surface area (Å²) in [6.07, 6.45) is 0.298. The van der Waals surface area contributed by atoms with Crippen LogP contribution in [0.2, 0.25) is 0 Å². The Morgan fingerprint density at radius 2 is 1.69 bits per heavy atom. The molecule has 0 aliphatic carbocycles. The van der Waals surface area contributed by atoms with Crippen LogP contribution in [0.3, 0.4) is 0 Å². The fourth-order valence-electron chi connectivity index (χ4n) is 5.94. The Morgan fingerprint density at radius 3 is 2.38 bits per heavy atom. The lowest BCUT2D eigenvalue weighted by Gasteiger charge is -2.41. The SMILES string of the molecule is CC1(c2ccc(O)cc2O)CC(c2ccc(O)cc2)c2ccc(OS(=O)(=O)c3cccc4c(=O)c(=O)c(=NN=[N-])c(=N[N+]#N)c34)cc2O1. The molecule has 0 radical (unpaired) electrons. The van der Waals surface area contributed by atoms with Crippen LogP contribution in [0, 0.1) is 5.39 Å². The van der Waals surface area contributed by atoms with Crippen LogP contribution >= 0.6 is 0 Å². The molecule has 6 rings (SSSR count). The van der Waals surface area contributed by atoms with E-state index >= 15 is 0 Å². The summed E-state index contributed by atoms with van der Waals surface area (Å²) in [6, 6.07) is 18.3. The zero-order chi connectivity index (χ0) is 34.4. The maximum absolute atomic E-state index is 13.8. The number of hydrogen-bond donors (Lipinski definition) is 3. The second-order valence-electron chi connectivity index (χ2n) is 11.0. The van der Waals surface area contributed by atoms with Crippen molar-refractivity contribution < 1.29 is 32.7 Å². The molecule has 16 heteroatoms. The minimum atomic E-state index is -4.84. The monoisotopic (exact) mass is 666 g/mol. The molecule has 0 aromatic heterocycles. The molecule has 240 valence electrons. The first-order chi connectivity index (χ1) is 22.9. The second-order valence-corrected chi connectivity index (χ2v) is 12.5. The Hall–Kier alpha value is -6.47. The predicted molar refractivity (Wildman–Crippen MR) is 167 cm³/mol. The van der Waals surface area contributed by atoms with Crippen molar-refractivity contribution in [3.05, 3.63) is 137 Å². The van der Waals surface area contributed by atoms with Crippen LogP contribution in [0.25, 0.3) is 21.4 Å². The number of ether oxygens (including phenoxy) is 1. The van der Waals surface area contributed by atoms with Crippen LogP contribution in [0.15, 0.2) is 109 Å². The highest BCUT2D eigenvalue weighted by Crippen LogP contribution is 2.51. The number of fused-ring (bicyclic) bond motifs is 2. The van der Waals surface area contributed by atoms with Crippen molar-refractivity contribution in [2.75, 3.05) is 0 Å². The van der Waals surface area contributed by atoms with E-state index in [-0.39, 0.29) is 34.7 Å². The molecule has 15 nitrogen and oxygen atoms in total. The van der Waals surface area contributed by atoms with Crippen molar-refractivity contribution in [3.63, 3.8) is 0 Å². The molecule has 3 N–H and O–H groups in total. The Labute approximate surface area is 269 Å². The molecular formula is C32H22N6O9S. The summed E-state index contributed by atoms with van der Waals surface area (Å²) in [5.74, 6) is -0.745. The van der Waals surface area contributed by atoms with Gasteiger partial charge in [0.25, 0.3) is 5.39 Å². The van der Waals surface area contributed by atoms with Gasteiger partial charge in [0.15, 0.2) is 10.5 Å². The van der Waals surface area contributed by atoms with Gasteiger partial charge < -0.3 is 34.9 Å². The minimum Gasteiger partial charge on any atom is -0.508 e. The van der Waals surface area contributed by atoms with Gasteiger partial charge in [-0.15, -0.1) is 0 Å². The zero-order valence-electron chi connectivity index (χ0n) is 24.7. The summed E-state index contributed by atoms with van der Waals surface area (Å²) in [7, 11) is -4.84. The second kappa shape index (κ2) is 11.7. The van der Waals surface area contributed by atoms with Gasteiger partial charge in [-0.2, -0.15) is 8.42 Å². The lowest BCUT2D eigenvalue weighted by molar-refractivity contribution is 0.0530. The van der Waals surface area contributed by atoms with E-state index in [4.69, 9.17) is 19.8 Å². The molecule has 0 amide bonds. The molecule has 0 saturated heterocycles. The van der Waals surface area contributed by atoms with Crippen molar-refractivity contribution in [2.45, 2.75) is 29.8 Å². The summed E-state index contributed by atoms with van der Waals surface area (Å²) in [6.45, 7) is 1.72. The molecule has 1 aliphatic heterocycles. The smallest absolute Gasteiger partial charge is 0.339 e. The van der Waals surface area contributed by atoms with Crippen molar-refractivity contribution in [1.29, 1.82) is 5.39 Å². The van der Waals surface area contributed by atoms with Crippen molar-refractivity contribution in [1.82, 2.24) is 0 Å². The van der Waals surface area contributed by atoms with E-state index in [1.54, 1.807) is 25.1 Å². The number of diazo groups is 1. The minimum absolute atomic E-state index is 0.0538. The Bertz CT molecular complexity index is 2540. The van der Waals surface area contributed by atoms with Gasteiger partial charge in [-0.3, -0.25) is 14.8 Å². The number of rotatable bonds is 6. The summed E-state index contributed by atoms with van der Waals surface area (Å²) >= 11 is 0. The lowest BCUT2D eigenvalue weighted by atomic mass is 9.76. The quantitative estimate of drug-likeness (QED) is 0.0782. The molecule has 0 spiro atoms. The topological polar surface area (TPSA) is 235 Å². The van der Waals surface area contributed by atoms with E-state index in [9.17, 15) is 33.3 Å². The van der Waals surface area contributed by atoms with Crippen LogP contribution in [0.5, 0.6) is 28.7 Å². The van der Waals surface area contributed by atoms with Gasteiger partial charge in [-0.05, 0) is 48.9 Å². The third kappa shape index (κ3) is 5.37. The molecule has 2 atom stereocenters. The molecule has 1 aliphatic rings. The van der Waals surface area contributed by atoms with Gasteiger partial charge in [0.1, 0.15) is 39.2 Å².